The van der Waals surface area contributed by atoms with E-state index in [-0.39, 0.29) is 12.5 Å². The number of rotatable bonds is 2. The lowest BCUT2D eigenvalue weighted by Gasteiger charge is -2.19. The van der Waals surface area contributed by atoms with Gasteiger partial charge >= 0.3 is 5.97 Å². The van der Waals surface area contributed by atoms with Gasteiger partial charge < -0.3 is 14.6 Å². The van der Waals surface area contributed by atoms with Gasteiger partial charge in [0.15, 0.2) is 6.79 Å². The predicted molar refractivity (Wildman–Crippen MR) is 61.3 cm³/mol. The highest BCUT2D eigenvalue weighted by atomic mass is 16.7. The number of aromatic nitrogens is 2. The molecular weight excluding hydrogens is 236 g/mol. The van der Waals surface area contributed by atoms with E-state index in [0.717, 1.165) is 16.9 Å². The van der Waals surface area contributed by atoms with E-state index < -0.39 is 5.97 Å². The molecule has 2 N–H and O–H groups in total. The molecule has 1 aliphatic rings. The molecule has 1 aromatic carbocycles. The van der Waals surface area contributed by atoms with Crippen molar-refractivity contribution in [2.24, 2.45) is 0 Å². The lowest BCUT2D eigenvalue weighted by atomic mass is 10.0. The number of nitrogens with one attached hydrogen (secondary N) is 1. The molecule has 1 aliphatic heterocycles. The van der Waals surface area contributed by atoms with Gasteiger partial charge in [0.2, 0.25) is 0 Å². The minimum atomic E-state index is -1.04. The Balaban J connectivity index is 2.08. The highest BCUT2D eigenvalue weighted by Crippen LogP contribution is 2.32. The van der Waals surface area contributed by atoms with E-state index in [1.807, 2.05) is 18.2 Å². The quantitative estimate of drug-likeness (QED) is 0.841. The van der Waals surface area contributed by atoms with Gasteiger partial charge in [-0.1, -0.05) is 12.1 Å². The third-order valence-electron chi connectivity index (χ3n) is 2.76. The van der Waals surface area contributed by atoms with Crippen LogP contribution in [0.25, 0.3) is 11.3 Å². The Bertz CT molecular complexity index is 606. The van der Waals surface area contributed by atoms with Gasteiger partial charge in [-0.3, -0.25) is 5.10 Å². The van der Waals surface area contributed by atoms with Crippen LogP contribution in [0.1, 0.15) is 16.1 Å². The zero-order chi connectivity index (χ0) is 12.5. The molecule has 0 saturated heterocycles. The fraction of sp³-hybridized carbons (Fsp3) is 0.167. The molecule has 2 aromatic rings. The maximum atomic E-state index is 10.8. The summed E-state index contributed by atoms with van der Waals surface area (Å²) in [5.74, 6) is -0.287. The molecule has 0 spiro atoms. The molecular formula is C12H10N2O4. The van der Waals surface area contributed by atoms with Gasteiger partial charge in [-0.05, 0) is 12.1 Å². The number of fused-ring (bicyclic) bond motifs is 1. The summed E-state index contributed by atoms with van der Waals surface area (Å²) < 4.78 is 10.6. The van der Waals surface area contributed by atoms with E-state index in [4.69, 9.17) is 14.6 Å². The van der Waals surface area contributed by atoms with Crippen molar-refractivity contribution in [1.82, 2.24) is 10.2 Å². The number of nitrogens with zero attached hydrogens (tertiary/aromatic N) is 1. The zero-order valence-corrected chi connectivity index (χ0v) is 9.34. The van der Waals surface area contributed by atoms with Crippen molar-refractivity contribution in [2.45, 2.75) is 6.61 Å². The van der Waals surface area contributed by atoms with Crippen LogP contribution in [0.15, 0.2) is 24.3 Å². The second-order valence-electron chi connectivity index (χ2n) is 3.86. The summed E-state index contributed by atoms with van der Waals surface area (Å²) in [5.41, 5.74) is 2.32. The van der Waals surface area contributed by atoms with E-state index in [2.05, 4.69) is 10.2 Å². The number of ether oxygens (including phenoxy) is 2. The van der Waals surface area contributed by atoms with E-state index >= 15 is 0 Å². The van der Waals surface area contributed by atoms with Crippen LogP contribution in [0.4, 0.5) is 0 Å². The number of benzene rings is 1. The average Bonchev–Trinajstić information content (AvgIpc) is 2.87. The first kappa shape index (κ1) is 10.8. The Morgan fingerprint density at radius 2 is 2.33 bits per heavy atom. The van der Waals surface area contributed by atoms with E-state index in [1.54, 1.807) is 0 Å². The maximum absolute atomic E-state index is 10.8. The van der Waals surface area contributed by atoms with Crippen LogP contribution in [0, 0.1) is 0 Å². The number of H-pyrrole nitrogens is 1. The van der Waals surface area contributed by atoms with Crippen molar-refractivity contribution in [3.8, 4) is 17.0 Å². The Hall–Kier alpha value is -2.34. The van der Waals surface area contributed by atoms with Gasteiger partial charge in [0.25, 0.3) is 0 Å². The van der Waals surface area contributed by atoms with Crippen LogP contribution < -0.4 is 4.74 Å². The normalized spacial score (nSPS) is 13.8. The number of aromatic amines is 1. The molecule has 18 heavy (non-hydrogen) atoms. The number of carboxylic acid groups (broad SMARTS) is 1. The molecule has 0 amide bonds. The van der Waals surface area contributed by atoms with Crippen LogP contribution in [-0.4, -0.2) is 28.1 Å². The molecule has 2 heterocycles. The average molecular weight is 246 g/mol. The number of carboxylic acids is 1. The lowest BCUT2D eigenvalue weighted by molar-refractivity contribution is -0.0160. The van der Waals surface area contributed by atoms with Gasteiger partial charge in [-0.2, -0.15) is 5.10 Å². The summed E-state index contributed by atoms with van der Waals surface area (Å²) in [7, 11) is 0. The van der Waals surface area contributed by atoms with E-state index in [9.17, 15) is 4.79 Å². The van der Waals surface area contributed by atoms with Gasteiger partial charge in [-0.25, -0.2) is 4.79 Å². The minimum absolute atomic E-state index is 0.0558. The summed E-state index contributed by atoms with van der Waals surface area (Å²) >= 11 is 0. The van der Waals surface area contributed by atoms with Crippen molar-refractivity contribution in [3.63, 3.8) is 0 Å². The first-order valence-electron chi connectivity index (χ1n) is 5.37. The first-order valence-corrected chi connectivity index (χ1v) is 5.37. The standard InChI is InChI=1S/C12H10N2O4/c15-12(16)10-4-9(13-14-10)7-2-1-3-11-8(7)5-17-6-18-11/h1-4H,5-6H2,(H,13,14)(H,15,16). The second kappa shape index (κ2) is 4.15. The number of hydrogen-bond acceptors (Lipinski definition) is 4. The fourth-order valence-electron chi connectivity index (χ4n) is 1.91. The molecule has 0 radical (unpaired) electrons. The predicted octanol–water partition coefficient (Wildman–Crippen LogP) is 1.64. The van der Waals surface area contributed by atoms with Crippen LogP contribution in [0.5, 0.6) is 5.75 Å². The maximum Gasteiger partial charge on any atom is 0.353 e. The van der Waals surface area contributed by atoms with Crippen molar-refractivity contribution >= 4 is 5.97 Å². The first-order chi connectivity index (χ1) is 8.75. The highest BCUT2D eigenvalue weighted by Gasteiger charge is 2.18. The van der Waals surface area contributed by atoms with Crippen LogP contribution in [-0.2, 0) is 11.3 Å². The number of hydrogen-bond donors (Lipinski definition) is 2. The monoisotopic (exact) mass is 246 g/mol. The van der Waals surface area contributed by atoms with Crippen LogP contribution >= 0.6 is 0 Å². The van der Waals surface area contributed by atoms with Crippen molar-refractivity contribution in [3.05, 3.63) is 35.5 Å². The molecule has 0 bridgehead atoms. The summed E-state index contributed by atoms with van der Waals surface area (Å²) in [6.45, 7) is 0.665. The van der Waals surface area contributed by atoms with Gasteiger partial charge in [-0.15, -0.1) is 0 Å². The number of carbonyl (C=O) groups is 1. The van der Waals surface area contributed by atoms with Crippen LogP contribution in [0.2, 0.25) is 0 Å². The Labute approximate surface area is 102 Å². The van der Waals surface area contributed by atoms with Gasteiger partial charge in [0.05, 0.1) is 12.3 Å². The third-order valence-corrected chi connectivity index (χ3v) is 2.76. The largest absolute Gasteiger partial charge is 0.477 e. The van der Waals surface area contributed by atoms with Crippen molar-refractivity contribution < 1.29 is 19.4 Å². The molecule has 0 saturated carbocycles. The van der Waals surface area contributed by atoms with Crippen LogP contribution in [0.3, 0.4) is 0 Å². The topological polar surface area (TPSA) is 84.4 Å². The number of aromatic carboxylic acids is 1. The SMILES string of the molecule is O=C(O)c1cc(-c2cccc3c2COCO3)n[nH]1. The van der Waals surface area contributed by atoms with Gasteiger partial charge in [0.1, 0.15) is 11.4 Å². The Morgan fingerprint density at radius 1 is 1.44 bits per heavy atom. The zero-order valence-electron chi connectivity index (χ0n) is 9.34. The Kier molecular flexibility index (Phi) is 2.49. The minimum Gasteiger partial charge on any atom is -0.477 e. The summed E-state index contributed by atoms with van der Waals surface area (Å²) in [4.78, 5) is 10.8. The smallest absolute Gasteiger partial charge is 0.353 e. The molecule has 0 unspecified atom stereocenters. The molecule has 3 rings (SSSR count). The molecule has 0 atom stereocenters. The Morgan fingerprint density at radius 3 is 3.11 bits per heavy atom. The lowest BCUT2D eigenvalue weighted by Crippen LogP contribution is -2.12. The molecule has 0 aliphatic carbocycles. The highest BCUT2D eigenvalue weighted by molar-refractivity contribution is 5.87. The van der Waals surface area contributed by atoms with E-state index in [1.165, 1.54) is 6.07 Å². The van der Waals surface area contributed by atoms with E-state index in [0.29, 0.717) is 12.3 Å². The summed E-state index contributed by atoms with van der Waals surface area (Å²) in [5, 5.41) is 15.3. The summed E-state index contributed by atoms with van der Waals surface area (Å²) in [6.07, 6.45) is 0. The molecule has 6 heteroatoms. The van der Waals surface area contributed by atoms with Crippen molar-refractivity contribution in [1.29, 1.82) is 0 Å². The van der Waals surface area contributed by atoms with Gasteiger partial charge in [0, 0.05) is 11.1 Å². The van der Waals surface area contributed by atoms with Crippen molar-refractivity contribution in [2.75, 3.05) is 6.79 Å². The molecule has 0 fully saturated rings. The molecule has 1 aromatic heterocycles. The third kappa shape index (κ3) is 1.72. The molecule has 6 nitrogen and oxygen atoms in total. The fourth-order valence-corrected chi connectivity index (χ4v) is 1.91. The summed E-state index contributed by atoms with van der Waals surface area (Å²) in [6, 6.07) is 7.05. The second-order valence-corrected chi connectivity index (χ2v) is 3.86. The molecule has 92 valence electrons.